The van der Waals surface area contributed by atoms with E-state index in [4.69, 9.17) is 15.5 Å². The highest BCUT2D eigenvalue weighted by Gasteiger charge is 2.33. The number of hydrogen-bond acceptors (Lipinski definition) is 3. The predicted octanol–water partition coefficient (Wildman–Crippen LogP) is 14.8. The lowest BCUT2D eigenvalue weighted by Crippen LogP contribution is -2.19. The Morgan fingerprint density at radius 2 is 1.00 bits per heavy atom. The Hall–Kier alpha value is -3.89. The molecule has 0 fully saturated rings. The lowest BCUT2D eigenvalue weighted by molar-refractivity contribution is 0.187. The van der Waals surface area contributed by atoms with Crippen molar-refractivity contribution in [1.29, 1.82) is 0 Å². The summed E-state index contributed by atoms with van der Waals surface area (Å²) in [6.07, 6.45) is 33.5. The van der Waals surface area contributed by atoms with Crippen LogP contribution in [0.5, 0.6) is 0 Å². The van der Waals surface area contributed by atoms with E-state index >= 15 is 0 Å². The molecule has 0 aliphatic heterocycles. The highest BCUT2D eigenvalue weighted by atomic mass is 31.2. The average Bonchev–Trinajstić information content (AvgIpc) is 3.09. The quantitative estimate of drug-likeness (QED) is 0.0431. The van der Waals surface area contributed by atoms with E-state index in [0.717, 1.165) is 38.5 Å². The largest absolute Gasteiger partial charge is 0.331 e. The van der Waals surface area contributed by atoms with Crippen LogP contribution in [0.4, 0.5) is 0 Å². The Morgan fingerprint density at radius 1 is 0.580 bits per heavy atom. The molecule has 0 aromatic heterocycles. The molecule has 0 radical (unpaired) electrons. The summed E-state index contributed by atoms with van der Waals surface area (Å²) in [6.45, 7) is 13.7. The van der Waals surface area contributed by atoms with Crippen molar-refractivity contribution in [2.75, 3.05) is 19.4 Å². The minimum absolute atomic E-state index is 0. The molecule has 0 saturated carbocycles. The summed E-state index contributed by atoms with van der Waals surface area (Å²) in [5.74, 6) is 36.9. The zero-order valence-electron chi connectivity index (χ0n) is 32.0. The number of hydrogen-bond donors (Lipinski definition) is 0. The molecule has 0 heterocycles. The van der Waals surface area contributed by atoms with Gasteiger partial charge in [-0.1, -0.05) is 116 Å². The van der Waals surface area contributed by atoms with E-state index in [2.05, 4.69) is 148 Å². The molecule has 50 heavy (non-hydrogen) atoms. The van der Waals surface area contributed by atoms with Gasteiger partial charge in [0.1, 0.15) is 0 Å². The van der Waals surface area contributed by atoms with Crippen molar-refractivity contribution in [3.8, 4) is 95.2 Å². The predicted molar refractivity (Wildman–Crippen MR) is 246 cm³/mol. The Bertz CT molecular complexity index is 1520. The van der Waals surface area contributed by atoms with Gasteiger partial charge < -0.3 is 9.05 Å². The van der Waals surface area contributed by atoms with E-state index in [0.29, 0.717) is 19.4 Å². The molecule has 0 rings (SSSR count). The van der Waals surface area contributed by atoms with Crippen LogP contribution in [-0.4, -0.2) is 19.4 Å². The molecule has 0 aliphatic carbocycles. The second kappa shape index (κ2) is 37.9. The van der Waals surface area contributed by atoms with E-state index in [1.165, 1.54) is 64.2 Å². The molecular weight excluding hydrogens is 631 g/mol. The molecule has 0 bridgehead atoms. The lowest BCUT2D eigenvalue weighted by atomic mass is 9.89. The SMILES string of the molecule is C#CC#CC#CC#CC#CC#CC#CC#CC.CCCCC/C=C\C/C=C\CCCCCCCC(C)(C)CP(=O)(OCCCC)OCCCC.[HH].[HH].[HH].[HH].[HH].[HH].[HH].[HH].[HH].[HH].[HH].[HH].[HH].[HH]. The van der Waals surface area contributed by atoms with Gasteiger partial charge in [0.25, 0.3) is 0 Å². The number of unbranched alkanes of at least 4 members (excludes halogenated alkanes) is 10. The summed E-state index contributed by atoms with van der Waals surface area (Å²) in [5, 5.41) is 0. The smallest absolute Gasteiger partial charge is 0.309 e. The summed E-state index contributed by atoms with van der Waals surface area (Å²) in [7, 11) is -3.00. The van der Waals surface area contributed by atoms with Crippen molar-refractivity contribution in [2.45, 2.75) is 144 Å². The van der Waals surface area contributed by atoms with Crippen LogP contribution in [0.1, 0.15) is 164 Å². The minimum Gasteiger partial charge on any atom is -0.309 e. The van der Waals surface area contributed by atoms with Crippen molar-refractivity contribution < 1.29 is 33.6 Å². The molecule has 0 saturated heterocycles. The summed E-state index contributed by atoms with van der Waals surface area (Å²) >= 11 is 0. The third kappa shape index (κ3) is 38.6. The van der Waals surface area contributed by atoms with Crippen LogP contribution in [-0.2, 0) is 13.6 Å². The zero-order chi connectivity index (χ0) is 37.3. The molecule has 0 aliphatic rings. The van der Waals surface area contributed by atoms with Crippen LogP contribution >= 0.6 is 7.60 Å². The molecule has 3 nitrogen and oxygen atoms in total. The van der Waals surface area contributed by atoms with Gasteiger partial charge in [0.15, 0.2) is 0 Å². The van der Waals surface area contributed by atoms with Gasteiger partial charge in [-0.3, -0.25) is 4.57 Å². The van der Waals surface area contributed by atoms with E-state index in [9.17, 15) is 4.57 Å². The molecule has 0 unspecified atom stereocenters. The van der Waals surface area contributed by atoms with E-state index < -0.39 is 7.60 Å². The van der Waals surface area contributed by atoms with E-state index in [1.807, 2.05) is 0 Å². The topological polar surface area (TPSA) is 35.5 Å². The Labute approximate surface area is 329 Å². The van der Waals surface area contributed by atoms with Crippen LogP contribution in [0.2, 0.25) is 0 Å². The molecular formula is C46H89O3P. The van der Waals surface area contributed by atoms with E-state index in [-0.39, 0.29) is 25.4 Å². The monoisotopic (exact) mass is 721 g/mol. The van der Waals surface area contributed by atoms with Crippen LogP contribution in [0.3, 0.4) is 0 Å². The molecule has 4 heteroatoms. The van der Waals surface area contributed by atoms with Crippen molar-refractivity contribution in [2.24, 2.45) is 5.41 Å². The molecule has 296 valence electrons. The van der Waals surface area contributed by atoms with Gasteiger partial charge in [0.05, 0.1) is 19.4 Å². The highest BCUT2D eigenvalue weighted by Crippen LogP contribution is 2.53. The van der Waals surface area contributed by atoms with Gasteiger partial charge in [-0.2, -0.15) is 0 Å². The number of terminal acetylenes is 1. The van der Waals surface area contributed by atoms with Gasteiger partial charge >= 0.3 is 7.60 Å². The molecule has 0 aromatic rings. The van der Waals surface area contributed by atoms with Crippen molar-refractivity contribution >= 4 is 7.60 Å². The fraction of sp³-hybridized carbons (Fsp3) is 0.565. The van der Waals surface area contributed by atoms with Crippen molar-refractivity contribution in [3.05, 3.63) is 24.3 Å². The third-order valence-electron chi connectivity index (χ3n) is 6.94. The Kier molecular flexibility index (Phi) is 36.6. The normalized spacial score (nSPS) is 9.86. The van der Waals surface area contributed by atoms with Gasteiger partial charge in [-0.25, -0.2) is 0 Å². The van der Waals surface area contributed by atoms with Crippen LogP contribution in [0, 0.1) is 101 Å². The minimum atomic E-state index is -3.00. The first-order valence-corrected chi connectivity index (χ1v) is 20.1. The number of allylic oxidation sites excluding steroid dienone is 4. The maximum atomic E-state index is 13.3. The summed E-state index contributed by atoms with van der Waals surface area (Å²) in [5.41, 5.74) is -0.0131. The third-order valence-corrected chi connectivity index (χ3v) is 9.34. The van der Waals surface area contributed by atoms with Gasteiger partial charge in [0.2, 0.25) is 0 Å². The lowest BCUT2D eigenvalue weighted by Gasteiger charge is -2.29. The average molecular weight is 721 g/mol. The molecule has 0 N–H and O–H groups in total. The first-order valence-electron chi connectivity index (χ1n) is 18.4. The maximum absolute atomic E-state index is 13.3. The van der Waals surface area contributed by atoms with Crippen LogP contribution < -0.4 is 0 Å². The van der Waals surface area contributed by atoms with Gasteiger partial charge in [-0.15, -0.1) is 6.42 Å². The van der Waals surface area contributed by atoms with Crippen molar-refractivity contribution in [3.63, 3.8) is 0 Å². The maximum Gasteiger partial charge on any atom is 0.331 e. The van der Waals surface area contributed by atoms with Gasteiger partial charge in [-0.05, 0) is 147 Å². The molecule has 0 aromatic carbocycles. The summed E-state index contributed by atoms with van der Waals surface area (Å²) < 4.78 is 24.9. The highest BCUT2D eigenvalue weighted by molar-refractivity contribution is 7.53. The second-order valence-electron chi connectivity index (χ2n) is 12.3. The summed E-state index contributed by atoms with van der Waals surface area (Å²) in [4.78, 5) is 0. The Balaban J connectivity index is -0.0000000471. The number of rotatable bonds is 24. The van der Waals surface area contributed by atoms with Crippen LogP contribution in [0.25, 0.3) is 0 Å². The first kappa shape index (κ1) is 48.2. The zero-order valence-corrected chi connectivity index (χ0v) is 32.9. The van der Waals surface area contributed by atoms with E-state index in [1.54, 1.807) is 6.92 Å². The van der Waals surface area contributed by atoms with Gasteiger partial charge in [0, 0.05) is 20.0 Å². The standard InChI is InChI=1S/C29H57O3P.C17H4.14H2/c1-6-9-12-13-14-15-16-17-18-19-20-21-22-23-24-25-29(4,5)28-33(30,31-26-10-7-2)32-27-11-8-3;1-3-5-7-9-11-13-15-17-16-14-12-10-8-6-4-2;;;;;;;;;;;;;;/h14-15,17-18H,6-13,16,19-28H2,1-5H3;1H,2H3;14*1H/b15-14-,18-17-;;;;;;;;;;;;;;;. The van der Waals surface area contributed by atoms with Crippen molar-refractivity contribution in [1.82, 2.24) is 0 Å². The first-order chi connectivity index (χ1) is 24.3. The van der Waals surface area contributed by atoms with Crippen LogP contribution in [0.15, 0.2) is 24.3 Å². The molecule has 0 amide bonds. The second-order valence-corrected chi connectivity index (χ2v) is 14.4. The molecule has 0 spiro atoms. The fourth-order valence-corrected chi connectivity index (χ4v) is 6.56. The molecule has 0 atom stereocenters. The fourth-order valence-electron chi connectivity index (χ4n) is 4.29. The Morgan fingerprint density at radius 3 is 1.46 bits per heavy atom. The summed E-state index contributed by atoms with van der Waals surface area (Å²) in [6, 6.07) is 0.